The van der Waals surface area contributed by atoms with E-state index in [-0.39, 0.29) is 0 Å². The molecule has 27 heavy (non-hydrogen) atoms. The van der Waals surface area contributed by atoms with Gasteiger partial charge in [0.1, 0.15) is 0 Å². The molecule has 0 bridgehead atoms. The van der Waals surface area contributed by atoms with E-state index >= 15 is 0 Å². The van der Waals surface area contributed by atoms with Crippen LogP contribution in [0.4, 0.5) is 0 Å². The molecule has 2 aliphatic rings. The fraction of sp³-hybridized carbons (Fsp3) is 0.692. The van der Waals surface area contributed by atoms with Gasteiger partial charge in [-0.15, -0.1) is 0 Å². The van der Waals surface area contributed by atoms with Crippen LogP contribution in [0, 0.1) is 11.8 Å². The summed E-state index contributed by atoms with van der Waals surface area (Å²) in [6.07, 6.45) is 21.9. The minimum absolute atomic E-state index is 0.466. The lowest BCUT2D eigenvalue weighted by Gasteiger charge is -2.16. The standard InChI is InChI=1S/C16H28.C10H16O/c1-6-9-15(4)12-8-13-16(5)11-7-10-14(2)3;1-2-6-11-10-5-3-4-8-7-9(8)10/h9-10,13H,6-8,11-12H2,1-5H3;3,5,8-10H,2,4,6-7H2,1H3/b15-9+,16-13+;. The second kappa shape index (κ2) is 14.0. The average molecular weight is 373 g/mol. The second-order valence-corrected chi connectivity index (χ2v) is 8.53. The fourth-order valence-electron chi connectivity index (χ4n) is 3.60. The van der Waals surface area contributed by atoms with Gasteiger partial charge in [0.2, 0.25) is 0 Å². The first kappa shape index (κ1) is 24.0. The van der Waals surface area contributed by atoms with Gasteiger partial charge >= 0.3 is 0 Å². The van der Waals surface area contributed by atoms with E-state index in [1.165, 1.54) is 55.2 Å². The predicted molar refractivity (Wildman–Crippen MR) is 121 cm³/mol. The summed E-state index contributed by atoms with van der Waals surface area (Å²) >= 11 is 0. The number of rotatable bonds is 10. The molecule has 1 fully saturated rings. The van der Waals surface area contributed by atoms with Crippen LogP contribution in [-0.2, 0) is 4.74 Å². The van der Waals surface area contributed by atoms with Crippen molar-refractivity contribution in [3.8, 4) is 0 Å². The highest BCUT2D eigenvalue weighted by Crippen LogP contribution is 2.48. The maximum absolute atomic E-state index is 5.70. The van der Waals surface area contributed by atoms with Gasteiger partial charge in [0.25, 0.3) is 0 Å². The molecule has 0 aromatic rings. The van der Waals surface area contributed by atoms with E-state index in [1.807, 2.05) is 0 Å². The van der Waals surface area contributed by atoms with Crippen LogP contribution < -0.4 is 0 Å². The van der Waals surface area contributed by atoms with E-state index < -0.39 is 0 Å². The molecule has 3 atom stereocenters. The largest absolute Gasteiger partial charge is 0.374 e. The zero-order valence-corrected chi connectivity index (χ0v) is 18.9. The second-order valence-electron chi connectivity index (χ2n) is 8.53. The molecule has 0 N–H and O–H groups in total. The first-order valence-corrected chi connectivity index (χ1v) is 11.2. The Labute approximate surface area is 169 Å². The highest BCUT2D eigenvalue weighted by atomic mass is 16.5. The highest BCUT2D eigenvalue weighted by molar-refractivity contribution is 5.10. The topological polar surface area (TPSA) is 9.23 Å². The third-order valence-corrected chi connectivity index (χ3v) is 5.35. The Hall–Kier alpha value is -1.08. The van der Waals surface area contributed by atoms with Crippen molar-refractivity contribution in [2.45, 2.75) is 99.0 Å². The molecule has 0 saturated heterocycles. The summed E-state index contributed by atoms with van der Waals surface area (Å²) in [5.74, 6) is 1.86. The van der Waals surface area contributed by atoms with Crippen molar-refractivity contribution in [3.05, 3.63) is 47.1 Å². The molecule has 2 aliphatic carbocycles. The number of fused-ring (bicyclic) bond motifs is 1. The molecule has 154 valence electrons. The van der Waals surface area contributed by atoms with E-state index in [4.69, 9.17) is 4.74 Å². The predicted octanol–water partition coefficient (Wildman–Crippen LogP) is 8.19. The Morgan fingerprint density at radius 1 is 0.963 bits per heavy atom. The van der Waals surface area contributed by atoms with Gasteiger partial charge in [-0.25, -0.2) is 0 Å². The van der Waals surface area contributed by atoms with Gasteiger partial charge < -0.3 is 4.74 Å². The quantitative estimate of drug-likeness (QED) is 0.351. The Morgan fingerprint density at radius 2 is 1.63 bits per heavy atom. The number of allylic oxidation sites excluding steroid dienone is 7. The van der Waals surface area contributed by atoms with Gasteiger partial charge in [0.15, 0.2) is 0 Å². The van der Waals surface area contributed by atoms with Crippen LogP contribution >= 0.6 is 0 Å². The lowest BCUT2D eigenvalue weighted by atomic mass is 10.1. The van der Waals surface area contributed by atoms with E-state index in [0.717, 1.165) is 31.3 Å². The molecule has 1 heteroatoms. The van der Waals surface area contributed by atoms with Gasteiger partial charge in [-0.2, -0.15) is 0 Å². The van der Waals surface area contributed by atoms with Crippen molar-refractivity contribution < 1.29 is 4.74 Å². The fourth-order valence-corrected chi connectivity index (χ4v) is 3.60. The van der Waals surface area contributed by atoms with Crippen LogP contribution in [0.15, 0.2) is 47.1 Å². The monoisotopic (exact) mass is 372 g/mol. The molecule has 0 aromatic heterocycles. The van der Waals surface area contributed by atoms with Gasteiger partial charge in [-0.1, -0.05) is 60.9 Å². The summed E-state index contributed by atoms with van der Waals surface area (Å²) in [4.78, 5) is 0. The molecule has 1 saturated carbocycles. The first-order valence-electron chi connectivity index (χ1n) is 11.2. The van der Waals surface area contributed by atoms with Crippen molar-refractivity contribution in [3.63, 3.8) is 0 Å². The van der Waals surface area contributed by atoms with Crippen molar-refractivity contribution >= 4 is 0 Å². The molecule has 0 aromatic carbocycles. The SMILES string of the molecule is CC/C=C(\C)CC/C=C(\C)CCC=C(C)C.CCCOC1C=CCC2CC21. The molecule has 0 heterocycles. The summed E-state index contributed by atoms with van der Waals surface area (Å²) < 4.78 is 5.70. The minimum atomic E-state index is 0.466. The summed E-state index contributed by atoms with van der Waals surface area (Å²) in [6, 6.07) is 0. The van der Waals surface area contributed by atoms with Gasteiger partial charge in [-0.3, -0.25) is 0 Å². The van der Waals surface area contributed by atoms with Crippen LogP contribution in [0.3, 0.4) is 0 Å². The third kappa shape index (κ3) is 11.4. The highest BCUT2D eigenvalue weighted by Gasteiger charge is 2.43. The smallest absolute Gasteiger partial charge is 0.0786 e. The molecule has 0 radical (unpaired) electrons. The van der Waals surface area contributed by atoms with E-state index in [1.54, 1.807) is 0 Å². The van der Waals surface area contributed by atoms with E-state index in [9.17, 15) is 0 Å². The normalized spacial score (nSPS) is 24.0. The number of hydrogen-bond acceptors (Lipinski definition) is 1. The lowest BCUT2D eigenvalue weighted by Crippen LogP contribution is -2.16. The van der Waals surface area contributed by atoms with Crippen molar-refractivity contribution in [1.29, 1.82) is 0 Å². The van der Waals surface area contributed by atoms with Crippen LogP contribution in [0.25, 0.3) is 0 Å². The summed E-state index contributed by atoms with van der Waals surface area (Å²) in [7, 11) is 0. The third-order valence-electron chi connectivity index (χ3n) is 5.35. The number of ether oxygens (including phenoxy) is 1. The first-order chi connectivity index (χ1) is 13.0. The van der Waals surface area contributed by atoms with Crippen molar-refractivity contribution in [1.82, 2.24) is 0 Å². The zero-order chi connectivity index (χ0) is 20.1. The molecule has 3 unspecified atom stereocenters. The Bertz CT molecular complexity index is 516. The average Bonchev–Trinajstić information content (AvgIpc) is 3.40. The van der Waals surface area contributed by atoms with Crippen LogP contribution in [0.5, 0.6) is 0 Å². The maximum atomic E-state index is 5.70. The molecular formula is C26H44O. The summed E-state index contributed by atoms with van der Waals surface area (Å²) in [6.45, 7) is 14.1. The van der Waals surface area contributed by atoms with Crippen molar-refractivity contribution in [2.24, 2.45) is 11.8 Å². The Morgan fingerprint density at radius 3 is 2.26 bits per heavy atom. The van der Waals surface area contributed by atoms with Crippen LogP contribution in [0.1, 0.15) is 92.9 Å². The zero-order valence-electron chi connectivity index (χ0n) is 18.9. The summed E-state index contributed by atoms with van der Waals surface area (Å²) in [5, 5.41) is 0. The molecule has 0 spiro atoms. The van der Waals surface area contributed by atoms with Crippen LogP contribution in [-0.4, -0.2) is 12.7 Å². The maximum Gasteiger partial charge on any atom is 0.0786 e. The van der Waals surface area contributed by atoms with Crippen molar-refractivity contribution in [2.75, 3.05) is 6.61 Å². The van der Waals surface area contributed by atoms with Crippen LogP contribution in [0.2, 0.25) is 0 Å². The van der Waals surface area contributed by atoms with Gasteiger partial charge in [0.05, 0.1) is 6.10 Å². The Balaban J connectivity index is 0.000000285. The van der Waals surface area contributed by atoms with Gasteiger partial charge in [0, 0.05) is 6.61 Å². The molecule has 2 rings (SSSR count). The molecule has 0 amide bonds. The van der Waals surface area contributed by atoms with Gasteiger partial charge in [-0.05, 0) is 90.9 Å². The molecule has 1 nitrogen and oxygen atoms in total. The molecular weight excluding hydrogens is 328 g/mol. The summed E-state index contributed by atoms with van der Waals surface area (Å²) in [5.41, 5.74) is 4.48. The minimum Gasteiger partial charge on any atom is -0.374 e. The van der Waals surface area contributed by atoms with E-state index in [2.05, 4.69) is 71.9 Å². The Kier molecular flexibility index (Phi) is 12.4. The number of hydrogen-bond donors (Lipinski definition) is 0. The lowest BCUT2D eigenvalue weighted by molar-refractivity contribution is 0.0650. The van der Waals surface area contributed by atoms with E-state index in [0.29, 0.717) is 6.10 Å². The molecule has 0 aliphatic heterocycles.